The van der Waals surface area contributed by atoms with Crippen LogP contribution < -0.4 is 5.56 Å². The quantitative estimate of drug-likeness (QED) is 0.543. The molecule has 0 unspecified atom stereocenters. The molecule has 4 aromatic rings. The first-order valence-electron chi connectivity index (χ1n) is 9.29. The van der Waals surface area contributed by atoms with E-state index in [1.165, 1.54) is 16.7 Å². The van der Waals surface area contributed by atoms with Crippen molar-refractivity contribution < 1.29 is 0 Å². The number of hydrogen-bond donors (Lipinski definition) is 0. The number of aryl methyl sites for hydroxylation is 3. The molecular formula is C23H23N3O. The Morgan fingerprint density at radius 2 is 1.74 bits per heavy atom. The molecule has 0 fully saturated rings. The van der Waals surface area contributed by atoms with Crippen LogP contribution in [-0.4, -0.2) is 14.2 Å². The van der Waals surface area contributed by atoms with Gasteiger partial charge in [-0.25, -0.2) is 4.52 Å². The predicted octanol–water partition coefficient (Wildman–Crippen LogP) is 4.39. The van der Waals surface area contributed by atoms with Crippen LogP contribution in [0.5, 0.6) is 0 Å². The standard InChI is InChI=1S/C23H23N3O/c1-4-18-6-9-19(10-7-18)21-14-22-23(27)25(11-12-26(22)24-21)15-20-8-5-16(2)13-17(20)3/h5-14H,4,15H2,1-3H3. The SMILES string of the molecule is CCc1ccc(-c2cc3c(=O)n(Cc4ccc(C)cc4C)ccn3n2)cc1. The highest BCUT2D eigenvalue weighted by atomic mass is 16.1. The summed E-state index contributed by atoms with van der Waals surface area (Å²) in [5.74, 6) is 0. The molecule has 0 aliphatic heterocycles. The summed E-state index contributed by atoms with van der Waals surface area (Å²) in [6, 6.07) is 16.6. The van der Waals surface area contributed by atoms with Crippen LogP contribution in [0.1, 0.15) is 29.2 Å². The van der Waals surface area contributed by atoms with Crippen molar-refractivity contribution in [3.8, 4) is 11.3 Å². The van der Waals surface area contributed by atoms with E-state index in [0.717, 1.165) is 23.2 Å². The summed E-state index contributed by atoms with van der Waals surface area (Å²) in [6.07, 6.45) is 4.67. The fourth-order valence-electron chi connectivity index (χ4n) is 3.41. The lowest BCUT2D eigenvalue weighted by Crippen LogP contribution is -2.22. The Bertz CT molecular complexity index is 1170. The largest absolute Gasteiger partial charge is 0.308 e. The second-order valence-corrected chi connectivity index (χ2v) is 7.07. The third-order valence-corrected chi connectivity index (χ3v) is 5.10. The lowest BCUT2D eigenvalue weighted by Gasteiger charge is -2.09. The Kier molecular flexibility index (Phi) is 4.40. The van der Waals surface area contributed by atoms with E-state index in [-0.39, 0.29) is 5.56 Å². The molecule has 0 spiro atoms. The van der Waals surface area contributed by atoms with E-state index >= 15 is 0 Å². The van der Waals surface area contributed by atoms with Gasteiger partial charge < -0.3 is 4.57 Å². The Labute approximate surface area is 158 Å². The lowest BCUT2D eigenvalue weighted by atomic mass is 10.1. The summed E-state index contributed by atoms with van der Waals surface area (Å²) in [6.45, 7) is 6.87. The van der Waals surface area contributed by atoms with Crippen molar-refractivity contribution in [3.63, 3.8) is 0 Å². The molecule has 0 atom stereocenters. The van der Waals surface area contributed by atoms with Gasteiger partial charge in [0.2, 0.25) is 0 Å². The molecule has 0 saturated heterocycles. The highest BCUT2D eigenvalue weighted by Gasteiger charge is 2.10. The molecule has 0 aliphatic rings. The van der Waals surface area contributed by atoms with Gasteiger partial charge in [-0.05, 0) is 43.0 Å². The molecule has 27 heavy (non-hydrogen) atoms. The lowest BCUT2D eigenvalue weighted by molar-refractivity contribution is 0.739. The van der Waals surface area contributed by atoms with E-state index in [0.29, 0.717) is 12.1 Å². The number of rotatable bonds is 4. The van der Waals surface area contributed by atoms with Gasteiger partial charge in [-0.1, -0.05) is 55.0 Å². The zero-order chi connectivity index (χ0) is 19.0. The van der Waals surface area contributed by atoms with Crippen molar-refractivity contribution in [1.29, 1.82) is 0 Å². The van der Waals surface area contributed by atoms with Crippen molar-refractivity contribution in [1.82, 2.24) is 14.2 Å². The molecule has 4 heteroatoms. The smallest absolute Gasteiger partial charge is 0.276 e. The first-order chi connectivity index (χ1) is 13.0. The normalized spacial score (nSPS) is 11.2. The van der Waals surface area contributed by atoms with Gasteiger partial charge in [0.05, 0.1) is 12.2 Å². The van der Waals surface area contributed by atoms with E-state index in [1.807, 2.05) is 18.5 Å². The summed E-state index contributed by atoms with van der Waals surface area (Å²) in [5, 5.41) is 4.58. The average Bonchev–Trinajstić information content (AvgIpc) is 3.11. The van der Waals surface area contributed by atoms with Gasteiger partial charge in [0, 0.05) is 18.0 Å². The maximum atomic E-state index is 13.0. The highest BCUT2D eigenvalue weighted by Crippen LogP contribution is 2.19. The number of nitrogens with zero attached hydrogens (tertiary/aromatic N) is 3. The minimum atomic E-state index is -0.0265. The van der Waals surface area contributed by atoms with Crippen molar-refractivity contribution in [3.05, 3.63) is 93.5 Å². The third kappa shape index (κ3) is 3.31. The Balaban J connectivity index is 1.72. The summed E-state index contributed by atoms with van der Waals surface area (Å²) in [7, 11) is 0. The monoisotopic (exact) mass is 357 g/mol. The topological polar surface area (TPSA) is 39.3 Å². The van der Waals surface area contributed by atoms with E-state index < -0.39 is 0 Å². The molecule has 4 nitrogen and oxygen atoms in total. The Morgan fingerprint density at radius 3 is 2.44 bits per heavy atom. The number of hydrogen-bond acceptors (Lipinski definition) is 2. The van der Waals surface area contributed by atoms with Crippen molar-refractivity contribution in [2.45, 2.75) is 33.7 Å². The van der Waals surface area contributed by atoms with E-state index in [1.54, 1.807) is 9.08 Å². The number of benzene rings is 2. The second-order valence-electron chi connectivity index (χ2n) is 7.07. The number of fused-ring (bicyclic) bond motifs is 1. The van der Waals surface area contributed by atoms with Crippen LogP contribution in [0.15, 0.2) is 65.7 Å². The van der Waals surface area contributed by atoms with E-state index in [4.69, 9.17) is 0 Å². The maximum absolute atomic E-state index is 13.0. The highest BCUT2D eigenvalue weighted by molar-refractivity contribution is 5.65. The Hall–Kier alpha value is -3.14. The third-order valence-electron chi connectivity index (χ3n) is 5.10. The van der Waals surface area contributed by atoms with Gasteiger partial charge in [-0.2, -0.15) is 5.10 Å². The van der Waals surface area contributed by atoms with E-state index in [9.17, 15) is 4.79 Å². The maximum Gasteiger partial charge on any atom is 0.276 e. The van der Waals surface area contributed by atoms with Crippen molar-refractivity contribution in [2.24, 2.45) is 0 Å². The fraction of sp³-hybridized carbons (Fsp3) is 0.217. The van der Waals surface area contributed by atoms with E-state index in [2.05, 4.69) is 68.3 Å². The number of aromatic nitrogens is 3. The molecule has 4 rings (SSSR count). The van der Waals surface area contributed by atoms with Crippen molar-refractivity contribution in [2.75, 3.05) is 0 Å². The average molecular weight is 357 g/mol. The van der Waals surface area contributed by atoms with Gasteiger partial charge in [-0.15, -0.1) is 0 Å². The minimum absolute atomic E-state index is 0.0265. The van der Waals surface area contributed by atoms with Crippen LogP contribution in [0.2, 0.25) is 0 Å². The summed E-state index contributed by atoms with van der Waals surface area (Å²) in [5.41, 5.74) is 7.29. The molecule has 0 N–H and O–H groups in total. The van der Waals surface area contributed by atoms with Gasteiger partial charge in [-0.3, -0.25) is 4.79 Å². The molecule has 0 aliphatic carbocycles. The molecular weight excluding hydrogens is 334 g/mol. The summed E-state index contributed by atoms with van der Waals surface area (Å²) < 4.78 is 3.42. The predicted molar refractivity (Wildman–Crippen MR) is 109 cm³/mol. The molecule has 0 amide bonds. The molecule has 2 aromatic heterocycles. The van der Waals surface area contributed by atoms with Crippen LogP contribution in [0.3, 0.4) is 0 Å². The molecule has 0 radical (unpaired) electrons. The van der Waals surface area contributed by atoms with Gasteiger partial charge in [0.15, 0.2) is 0 Å². The van der Waals surface area contributed by atoms with Crippen molar-refractivity contribution >= 4 is 5.52 Å². The fourth-order valence-corrected chi connectivity index (χ4v) is 3.41. The van der Waals surface area contributed by atoms with Crippen LogP contribution in [0, 0.1) is 13.8 Å². The zero-order valence-electron chi connectivity index (χ0n) is 15.9. The molecule has 2 aromatic carbocycles. The van der Waals surface area contributed by atoms with Gasteiger partial charge >= 0.3 is 0 Å². The minimum Gasteiger partial charge on any atom is -0.308 e. The van der Waals surface area contributed by atoms with Gasteiger partial charge in [0.1, 0.15) is 5.52 Å². The van der Waals surface area contributed by atoms with Gasteiger partial charge in [0.25, 0.3) is 5.56 Å². The summed E-state index contributed by atoms with van der Waals surface area (Å²) >= 11 is 0. The second kappa shape index (κ2) is 6.88. The first-order valence-corrected chi connectivity index (χ1v) is 9.29. The zero-order valence-corrected chi connectivity index (χ0v) is 15.9. The van der Waals surface area contributed by atoms with Crippen LogP contribution >= 0.6 is 0 Å². The Morgan fingerprint density at radius 1 is 0.963 bits per heavy atom. The molecule has 0 saturated carbocycles. The molecule has 2 heterocycles. The van der Waals surface area contributed by atoms with Crippen LogP contribution in [0.25, 0.3) is 16.8 Å². The molecule has 0 bridgehead atoms. The molecule has 136 valence electrons. The first kappa shape index (κ1) is 17.3. The van der Waals surface area contributed by atoms with Crippen LogP contribution in [0.4, 0.5) is 0 Å². The summed E-state index contributed by atoms with van der Waals surface area (Å²) in [4.78, 5) is 13.0. The van der Waals surface area contributed by atoms with Crippen LogP contribution in [-0.2, 0) is 13.0 Å².